The first-order valence-electron chi connectivity index (χ1n) is 3.62. The summed E-state index contributed by atoms with van der Waals surface area (Å²) in [6.45, 7) is 6.59. The minimum absolute atomic E-state index is 0. The van der Waals surface area contributed by atoms with Gasteiger partial charge in [0.05, 0.1) is 0 Å². The predicted octanol–water partition coefficient (Wildman–Crippen LogP) is -1.59. The first-order chi connectivity index (χ1) is 4.50. The Morgan fingerprint density at radius 2 is 0.615 bits per heavy atom. The molecule has 1 saturated heterocycles. The van der Waals surface area contributed by atoms with Crippen LogP contribution in [0.2, 0.25) is 0 Å². The van der Waals surface area contributed by atoms with Crippen LogP contribution in [0.1, 0.15) is 0 Å². The molecule has 6 nitrogen and oxygen atoms in total. The van der Waals surface area contributed by atoms with Crippen molar-refractivity contribution in [3.8, 4) is 0 Å². The summed E-state index contributed by atoms with van der Waals surface area (Å²) in [5, 5.41) is 9.91. The Kier molecular flexibility index (Phi) is 32.7. The van der Waals surface area contributed by atoms with Crippen molar-refractivity contribution in [3.63, 3.8) is 0 Å². The first kappa shape index (κ1) is 23.3. The van der Waals surface area contributed by atoms with E-state index in [4.69, 9.17) is 0 Å². The predicted molar refractivity (Wildman–Crippen MR) is 40.7 cm³/mol. The van der Waals surface area contributed by atoms with E-state index in [0.29, 0.717) is 0 Å². The van der Waals surface area contributed by atoms with Crippen molar-refractivity contribution >= 4 is 0 Å². The van der Waals surface area contributed by atoms with Gasteiger partial charge < -0.3 is 32.4 Å². The van der Waals surface area contributed by atoms with Crippen LogP contribution in [0.4, 0.5) is 0 Å². The van der Waals surface area contributed by atoms with Crippen molar-refractivity contribution in [2.45, 2.75) is 0 Å². The zero-order chi connectivity index (χ0) is 6.36. The third kappa shape index (κ3) is 15.2. The second-order valence-corrected chi connectivity index (χ2v) is 2.25. The summed E-state index contributed by atoms with van der Waals surface area (Å²) < 4.78 is 0. The zero-order valence-electron chi connectivity index (χ0n) is 7.35. The summed E-state index contributed by atoms with van der Waals surface area (Å²) in [6.07, 6.45) is 0. The third-order valence-corrected chi connectivity index (χ3v) is 1.44. The van der Waals surface area contributed by atoms with Crippen molar-refractivity contribution in [2.75, 3.05) is 39.3 Å². The monoisotopic (exact) mass is 274 g/mol. The average molecular weight is 275 g/mol. The molecular formula is C6H15N3O3Tc+. The molecule has 0 saturated carbocycles. The van der Waals surface area contributed by atoms with E-state index in [9.17, 15) is 0 Å². The van der Waals surface area contributed by atoms with Crippen LogP contribution in [0, 0.1) is 0 Å². The largest absolute Gasteiger partial charge is 7.00 e. The van der Waals surface area contributed by atoms with Crippen molar-refractivity contribution in [2.24, 2.45) is 0 Å². The maximum Gasteiger partial charge on any atom is 7.00 e. The van der Waals surface area contributed by atoms with Gasteiger partial charge in [-0.05, 0) is 0 Å². The molecule has 1 aliphatic rings. The van der Waals surface area contributed by atoms with E-state index in [1.165, 1.54) is 0 Å². The number of nitrogens with one attached hydrogen (secondary N) is 3. The minimum Gasteiger partial charge on any atom is -2.00 e. The van der Waals surface area contributed by atoms with Gasteiger partial charge in [-0.25, -0.2) is 0 Å². The molecule has 0 unspecified atom stereocenters. The summed E-state index contributed by atoms with van der Waals surface area (Å²) in [4.78, 5) is 0. The van der Waals surface area contributed by atoms with Gasteiger partial charge in [-0.15, -0.1) is 0 Å². The van der Waals surface area contributed by atoms with Crippen LogP contribution in [0.15, 0.2) is 0 Å². The van der Waals surface area contributed by atoms with Gasteiger partial charge in [-0.1, -0.05) is 0 Å². The number of rotatable bonds is 0. The molecule has 0 bridgehead atoms. The number of hydrogen-bond donors (Lipinski definition) is 3. The third-order valence-electron chi connectivity index (χ3n) is 1.44. The molecule has 7 heteroatoms. The molecule has 0 aromatic rings. The maximum absolute atomic E-state index is 3.30. The first-order valence-corrected chi connectivity index (χ1v) is 3.62. The van der Waals surface area contributed by atoms with Gasteiger partial charge in [0.1, 0.15) is 0 Å². The van der Waals surface area contributed by atoms with Crippen molar-refractivity contribution in [3.05, 3.63) is 0 Å². The molecular weight excluding hydrogens is 260 g/mol. The van der Waals surface area contributed by atoms with E-state index >= 15 is 0 Å². The SMILES string of the molecule is C1CNCCNCCN1.[O-2].[O-2].[O-2].[Tc+7]. The molecule has 1 fully saturated rings. The Labute approximate surface area is 92.1 Å². The maximum atomic E-state index is 3.30. The summed E-state index contributed by atoms with van der Waals surface area (Å²) >= 11 is 0. The molecule has 1 heterocycles. The second kappa shape index (κ2) is 18.2. The van der Waals surface area contributed by atoms with Gasteiger partial charge in [0.25, 0.3) is 0 Å². The Hall–Kier alpha value is 0.409. The molecule has 0 aliphatic carbocycles. The average Bonchev–Trinajstić information content (AvgIpc) is 2.00. The second-order valence-electron chi connectivity index (χ2n) is 2.25. The van der Waals surface area contributed by atoms with E-state index in [0.717, 1.165) is 39.3 Å². The van der Waals surface area contributed by atoms with Crippen LogP contribution in [0.25, 0.3) is 0 Å². The fourth-order valence-electron chi connectivity index (χ4n) is 0.905. The zero-order valence-corrected chi connectivity index (χ0v) is 9.20. The summed E-state index contributed by atoms with van der Waals surface area (Å²) in [5.41, 5.74) is 0. The van der Waals surface area contributed by atoms with E-state index < -0.39 is 0 Å². The fourth-order valence-corrected chi connectivity index (χ4v) is 0.905. The van der Waals surface area contributed by atoms with Crippen LogP contribution in [-0.4, -0.2) is 39.3 Å². The molecule has 1 rings (SSSR count). The van der Waals surface area contributed by atoms with E-state index in [-0.39, 0.29) is 36.5 Å². The van der Waals surface area contributed by atoms with E-state index in [1.807, 2.05) is 0 Å². The van der Waals surface area contributed by atoms with Crippen molar-refractivity contribution in [1.82, 2.24) is 16.0 Å². The molecule has 78 valence electrons. The van der Waals surface area contributed by atoms with Gasteiger partial charge in [-0.3, -0.25) is 0 Å². The normalized spacial score (nSPS) is 16.6. The Balaban J connectivity index is -0.000000101. The molecule has 13 heavy (non-hydrogen) atoms. The summed E-state index contributed by atoms with van der Waals surface area (Å²) in [7, 11) is 0. The van der Waals surface area contributed by atoms with Gasteiger partial charge in [0.2, 0.25) is 0 Å². The molecule has 0 aromatic heterocycles. The fraction of sp³-hybridized carbons (Fsp3) is 1.00. The van der Waals surface area contributed by atoms with Gasteiger partial charge in [0.15, 0.2) is 0 Å². The smallest absolute Gasteiger partial charge is 2.00 e. The Morgan fingerprint density at radius 3 is 0.769 bits per heavy atom. The van der Waals surface area contributed by atoms with Gasteiger partial charge in [0, 0.05) is 39.3 Å². The molecule has 0 atom stereocenters. The Morgan fingerprint density at radius 1 is 0.462 bits per heavy atom. The molecule has 0 amide bonds. The van der Waals surface area contributed by atoms with Crippen LogP contribution in [0.5, 0.6) is 0 Å². The van der Waals surface area contributed by atoms with Crippen LogP contribution in [0.3, 0.4) is 0 Å². The number of hydrogen-bond acceptors (Lipinski definition) is 3. The Bertz CT molecular complexity index is 51.6. The molecule has 0 spiro atoms. The quantitative estimate of drug-likeness (QED) is 0.494. The van der Waals surface area contributed by atoms with Crippen LogP contribution in [-0.2, 0) is 36.5 Å². The molecule has 0 radical (unpaired) electrons. The van der Waals surface area contributed by atoms with E-state index in [1.54, 1.807) is 0 Å². The van der Waals surface area contributed by atoms with Gasteiger partial charge in [-0.2, -0.15) is 0 Å². The van der Waals surface area contributed by atoms with Crippen molar-refractivity contribution in [1.29, 1.82) is 0 Å². The van der Waals surface area contributed by atoms with Crippen LogP contribution < -0.4 is 16.0 Å². The summed E-state index contributed by atoms with van der Waals surface area (Å²) in [6, 6.07) is 0. The summed E-state index contributed by atoms with van der Waals surface area (Å²) in [5.74, 6) is 0. The van der Waals surface area contributed by atoms with E-state index in [2.05, 4.69) is 16.0 Å². The standard InChI is InChI=1S/C6H15N3.3O.Tc/c1-2-8-5-6-9-4-3-7-1;;;;/h7-9H,1-6H2;;;;/q;3*-2;+7. The van der Waals surface area contributed by atoms with Gasteiger partial charge >= 0.3 is 20.1 Å². The van der Waals surface area contributed by atoms with Crippen molar-refractivity contribution < 1.29 is 36.5 Å². The minimum atomic E-state index is 0. The van der Waals surface area contributed by atoms with Crippen LogP contribution >= 0.6 is 0 Å². The molecule has 3 N–H and O–H groups in total. The molecule has 1 aliphatic heterocycles. The topological polar surface area (TPSA) is 122 Å². The molecule has 0 aromatic carbocycles.